The number of rotatable bonds is 10. The molecule has 1 aromatic heterocycles. The van der Waals surface area contributed by atoms with Gasteiger partial charge < -0.3 is 0 Å². The summed E-state index contributed by atoms with van der Waals surface area (Å²) in [5, 5.41) is 16.8. The molecule has 0 radical (unpaired) electrons. The van der Waals surface area contributed by atoms with Gasteiger partial charge in [-0.3, -0.25) is 14.9 Å². The smallest absolute Gasteiger partial charge is 0.267 e. The fourth-order valence-corrected chi connectivity index (χ4v) is 6.23. The Morgan fingerprint density at radius 3 is 2.46 bits per heavy atom. The van der Waals surface area contributed by atoms with Crippen LogP contribution in [0.25, 0.3) is 10.2 Å². The Morgan fingerprint density at radius 2 is 1.82 bits per heavy atom. The fraction of sp³-hybridized carbons (Fsp3) is 0.192. The molecule has 1 heterocycles. The molecule has 0 N–H and O–H groups in total. The van der Waals surface area contributed by atoms with Gasteiger partial charge in [0.2, 0.25) is 15.2 Å². The van der Waals surface area contributed by atoms with E-state index in [2.05, 4.69) is 26.0 Å². The van der Waals surface area contributed by atoms with Crippen molar-refractivity contribution < 1.29 is 18.1 Å². The van der Waals surface area contributed by atoms with Crippen molar-refractivity contribution in [2.45, 2.75) is 24.7 Å². The normalized spacial score (nSPS) is 11.9. The van der Waals surface area contributed by atoms with Gasteiger partial charge in [-0.2, -0.15) is 10.1 Å². The Morgan fingerprint density at radius 1 is 1.13 bits per heavy atom. The highest BCUT2D eigenvalue weighted by atomic mass is 79.9. The zero-order valence-electron chi connectivity index (χ0n) is 21.0. The molecule has 0 atom stereocenters. The molecule has 0 saturated carbocycles. The molecule has 0 aliphatic carbocycles. The maximum absolute atomic E-state index is 13.6. The van der Waals surface area contributed by atoms with Crippen molar-refractivity contribution >= 4 is 70.4 Å². The molecule has 4 rings (SSSR count). The SMILES string of the molecule is CCCCN(C)S(=O)(=O)c1ccc(C(=O)N(/N=C/c2ccc([N+](=O)[O-])cc2)c2nc3ccc(Br)cc3s2)cc1. The molecule has 0 fully saturated rings. The van der Waals surface area contributed by atoms with Crippen LogP contribution >= 0.6 is 27.3 Å². The van der Waals surface area contributed by atoms with Crippen LogP contribution in [0.5, 0.6) is 0 Å². The lowest BCUT2D eigenvalue weighted by molar-refractivity contribution is -0.384. The highest BCUT2D eigenvalue weighted by Crippen LogP contribution is 2.32. The summed E-state index contributed by atoms with van der Waals surface area (Å²) in [7, 11) is -2.16. The van der Waals surface area contributed by atoms with Crippen LogP contribution in [0.2, 0.25) is 0 Å². The molecule has 202 valence electrons. The van der Waals surface area contributed by atoms with E-state index in [0.29, 0.717) is 22.8 Å². The quantitative estimate of drug-likeness (QED) is 0.119. The molecule has 0 saturated heterocycles. The van der Waals surface area contributed by atoms with Gasteiger partial charge in [0, 0.05) is 35.8 Å². The number of carbonyl (C=O) groups is 1. The molecule has 10 nitrogen and oxygen atoms in total. The number of hydrogen-bond donors (Lipinski definition) is 0. The van der Waals surface area contributed by atoms with E-state index in [4.69, 9.17) is 0 Å². The molecule has 0 unspecified atom stereocenters. The summed E-state index contributed by atoms with van der Waals surface area (Å²) in [6.45, 7) is 2.39. The number of halogens is 1. The zero-order valence-corrected chi connectivity index (χ0v) is 24.2. The number of anilines is 1. The zero-order chi connectivity index (χ0) is 28.2. The number of nitrogens with zero attached hydrogens (tertiary/aromatic N) is 5. The van der Waals surface area contributed by atoms with Crippen molar-refractivity contribution in [3.05, 3.63) is 92.4 Å². The number of aromatic nitrogens is 1. The van der Waals surface area contributed by atoms with Crippen LogP contribution in [0.4, 0.5) is 10.8 Å². The monoisotopic (exact) mass is 629 g/mol. The van der Waals surface area contributed by atoms with Gasteiger partial charge in [0.05, 0.1) is 26.3 Å². The van der Waals surface area contributed by atoms with E-state index in [1.165, 1.54) is 77.4 Å². The summed E-state index contributed by atoms with van der Waals surface area (Å²) >= 11 is 4.70. The molecule has 1 amide bonds. The number of hydrazone groups is 1. The van der Waals surface area contributed by atoms with Gasteiger partial charge in [-0.05, 0) is 66.6 Å². The number of carbonyl (C=O) groups excluding carboxylic acids is 1. The molecule has 0 bridgehead atoms. The Bertz CT molecular complexity index is 1640. The van der Waals surface area contributed by atoms with Crippen LogP contribution in [0.3, 0.4) is 0 Å². The second kappa shape index (κ2) is 12.1. The van der Waals surface area contributed by atoms with Crippen molar-refractivity contribution in [1.29, 1.82) is 0 Å². The van der Waals surface area contributed by atoms with E-state index in [-0.39, 0.29) is 16.1 Å². The number of non-ortho nitro benzene ring substituents is 1. The third kappa shape index (κ3) is 6.56. The van der Waals surface area contributed by atoms with Gasteiger partial charge in [-0.1, -0.05) is 40.6 Å². The highest BCUT2D eigenvalue weighted by molar-refractivity contribution is 9.10. The summed E-state index contributed by atoms with van der Waals surface area (Å²) in [6, 6.07) is 17.0. The lowest BCUT2D eigenvalue weighted by Crippen LogP contribution is -2.28. The fourth-order valence-electron chi connectivity index (χ4n) is 3.54. The first-order valence-corrected chi connectivity index (χ1v) is 14.9. The molecule has 39 heavy (non-hydrogen) atoms. The average molecular weight is 631 g/mol. The second-order valence-corrected chi connectivity index (χ2v) is 12.5. The van der Waals surface area contributed by atoms with Crippen LogP contribution in [-0.2, 0) is 10.0 Å². The minimum absolute atomic E-state index is 0.0628. The molecule has 0 aliphatic heterocycles. The first-order valence-electron chi connectivity index (χ1n) is 11.9. The molecular weight excluding hydrogens is 606 g/mol. The second-order valence-electron chi connectivity index (χ2n) is 8.52. The maximum Gasteiger partial charge on any atom is 0.280 e. The summed E-state index contributed by atoms with van der Waals surface area (Å²) < 4.78 is 28.8. The summed E-state index contributed by atoms with van der Waals surface area (Å²) in [5.74, 6) is -0.519. The Kier molecular flexibility index (Phi) is 8.85. The third-order valence-electron chi connectivity index (χ3n) is 5.77. The summed E-state index contributed by atoms with van der Waals surface area (Å²) in [6.07, 6.45) is 3.02. The highest BCUT2D eigenvalue weighted by Gasteiger charge is 2.24. The molecule has 3 aromatic carbocycles. The molecule has 0 spiro atoms. The number of sulfonamides is 1. The van der Waals surface area contributed by atoms with Crippen molar-refractivity contribution in [3.63, 3.8) is 0 Å². The van der Waals surface area contributed by atoms with Crippen molar-refractivity contribution in [1.82, 2.24) is 9.29 Å². The standard InChI is InChI=1S/C26H24BrN5O5S2/c1-3-4-15-30(2)39(36,37)22-12-7-19(8-13-22)25(33)31(26-29-23-14-9-20(27)16-24(23)38-26)28-17-18-5-10-21(11-6-18)32(34)35/h5-14,16-17H,3-4,15H2,1-2H3/b28-17+. The molecule has 4 aromatic rings. The summed E-state index contributed by atoms with van der Waals surface area (Å²) in [5.41, 5.74) is 1.37. The Balaban J connectivity index is 1.67. The topological polar surface area (TPSA) is 126 Å². The Labute approximate surface area is 237 Å². The minimum Gasteiger partial charge on any atom is -0.267 e. The predicted molar refractivity (Wildman–Crippen MR) is 156 cm³/mol. The molecular formula is C26H24BrN5O5S2. The van der Waals surface area contributed by atoms with Crippen LogP contribution in [0.15, 0.2) is 81.2 Å². The number of unbranched alkanes of at least 4 members (excludes halogenated alkanes) is 1. The van der Waals surface area contributed by atoms with E-state index in [1.54, 1.807) is 0 Å². The van der Waals surface area contributed by atoms with Gasteiger partial charge in [-0.25, -0.2) is 17.7 Å². The van der Waals surface area contributed by atoms with E-state index < -0.39 is 20.9 Å². The first-order chi connectivity index (χ1) is 18.6. The number of amides is 1. The maximum atomic E-state index is 13.6. The van der Waals surface area contributed by atoms with Gasteiger partial charge in [0.1, 0.15) is 0 Å². The van der Waals surface area contributed by atoms with Crippen LogP contribution in [0.1, 0.15) is 35.7 Å². The largest absolute Gasteiger partial charge is 0.280 e. The average Bonchev–Trinajstić information content (AvgIpc) is 3.34. The van der Waals surface area contributed by atoms with E-state index >= 15 is 0 Å². The summed E-state index contributed by atoms with van der Waals surface area (Å²) in [4.78, 5) is 28.7. The van der Waals surface area contributed by atoms with Crippen molar-refractivity contribution in [2.75, 3.05) is 18.6 Å². The first kappa shape index (κ1) is 28.5. The molecule has 0 aliphatic rings. The predicted octanol–water partition coefficient (Wildman–Crippen LogP) is 6.07. The van der Waals surface area contributed by atoms with Gasteiger partial charge in [0.25, 0.3) is 11.6 Å². The minimum atomic E-state index is -3.69. The number of thiazole rings is 1. The van der Waals surface area contributed by atoms with Crippen molar-refractivity contribution in [3.8, 4) is 0 Å². The lowest BCUT2D eigenvalue weighted by Gasteiger charge is -2.17. The van der Waals surface area contributed by atoms with E-state index in [9.17, 15) is 23.3 Å². The lowest BCUT2D eigenvalue weighted by atomic mass is 10.2. The van der Waals surface area contributed by atoms with Gasteiger partial charge in [0.15, 0.2) is 0 Å². The Hall–Kier alpha value is -3.52. The number of nitro groups is 1. The van der Waals surface area contributed by atoms with Crippen molar-refractivity contribution in [2.24, 2.45) is 5.10 Å². The molecule has 13 heteroatoms. The van der Waals surface area contributed by atoms with Gasteiger partial charge >= 0.3 is 0 Å². The number of benzene rings is 3. The third-order valence-corrected chi connectivity index (χ3v) is 9.13. The van der Waals surface area contributed by atoms with Crippen LogP contribution < -0.4 is 5.01 Å². The van der Waals surface area contributed by atoms with E-state index in [0.717, 1.165) is 27.0 Å². The van der Waals surface area contributed by atoms with Gasteiger partial charge in [-0.15, -0.1) is 0 Å². The van der Waals surface area contributed by atoms with Crippen LogP contribution in [-0.4, -0.2) is 48.3 Å². The number of nitro benzene ring substituents is 1. The number of fused-ring (bicyclic) bond motifs is 1. The van der Waals surface area contributed by atoms with Crippen LogP contribution in [0, 0.1) is 10.1 Å². The van der Waals surface area contributed by atoms with E-state index in [1.807, 2.05) is 25.1 Å². The number of hydrogen-bond acceptors (Lipinski definition) is 8.